The van der Waals surface area contributed by atoms with E-state index in [9.17, 15) is 0 Å². The summed E-state index contributed by atoms with van der Waals surface area (Å²) in [7, 11) is 0. The molecule has 1 aliphatic carbocycles. The van der Waals surface area contributed by atoms with Gasteiger partial charge >= 0.3 is 0 Å². The molecule has 14 rings (SSSR count). The Morgan fingerprint density at radius 1 is 0.301 bits per heavy atom. The first-order valence-electron chi connectivity index (χ1n) is 25.1. The lowest BCUT2D eigenvalue weighted by Gasteiger charge is -2.34. The highest BCUT2D eigenvalue weighted by molar-refractivity contribution is 6.12. The van der Waals surface area contributed by atoms with Crippen molar-refractivity contribution in [3.63, 3.8) is 0 Å². The van der Waals surface area contributed by atoms with Crippen molar-refractivity contribution in [2.45, 2.75) is 5.41 Å². The largest absolute Gasteiger partial charge is 0.456 e. The van der Waals surface area contributed by atoms with E-state index in [-0.39, 0.29) is 0 Å². The minimum atomic E-state index is -0.532. The maximum atomic E-state index is 6.34. The van der Waals surface area contributed by atoms with E-state index in [1.807, 2.05) is 6.07 Å². The monoisotopic (exact) mass is 929 g/mol. The first-order chi connectivity index (χ1) is 36.2. The van der Waals surface area contributed by atoms with Gasteiger partial charge in [-0.2, -0.15) is 0 Å². The summed E-state index contributed by atoms with van der Waals surface area (Å²) in [5.41, 5.74) is 21.4. The van der Waals surface area contributed by atoms with Gasteiger partial charge in [-0.1, -0.05) is 224 Å². The molecule has 0 unspecified atom stereocenters. The van der Waals surface area contributed by atoms with Gasteiger partial charge in [-0.25, -0.2) is 0 Å². The number of anilines is 3. The Morgan fingerprint density at radius 2 is 0.795 bits per heavy atom. The molecule has 0 fully saturated rings. The molecular formula is C71H47NO. The van der Waals surface area contributed by atoms with Crippen molar-refractivity contribution in [2.24, 2.45) is 0 Å². The molecule has 2 heteroatoms. The third kappa shape index (κ3) is 7.02. The standard InChI is InChI=1S/C71H47NO/c1-3-23-57(24-4-1)71(58-25-5-2-6-26-58)64-30-11-9-27-62(64)70-65(71)31-16-32-66(70)72(60-43-39-50(40-44-60)61-29-15-34-68-69(61)63-28-10-12-33-67(63)73-68)59-41-37-49(38-42-59)52-19-13-20-53(45-52)54-21-14-22-55(47-54)56-36-35-48-17-7-8-18-51(48)46-56/h1-47H. The molecule has 0 spiro atoms. The Hall–Kier alpha value is -9.50. The molecule has 0 saturated carbocycles. The second-order valence-electron chi connectivity index (χ2n) is 19.2. The zero-order valence-electron chi connectivity index (χ0n) is 40.0. The molecule has 1 aliphatic rings. The molecule has 0 bridgehead atoms. The molecule has 0 radical (unpaired) electrons. The van der Waals surface area contributed by atoms with E-state index < -0.39 is 5.41 Å². The first-order valence-corrected chi connectivity index (χ1v) is 25.1. The summed E-state index contributed by atoms with van der Waals surface area (Å²) >= 11 is 0. The molecular weight excluding hydrogens is 883 g/mol. The van der Waals surface area contributed by atoms with E-state index in [1.165, 1.54) is 72.0 Å². The quantitative estimate of drug-likeness (QED) is 0.143. The molecule has 2 nitrogen and oxygen atoms in total. The molecule has 73 heavy (non-hydrogen) atoms. The summed E-state index contributed by atoms with van der Waals surface area (Å²) in [5, 5.41) is 4.76. The summed E-state index contributed by atoms with van der Waals surface area (Å²) in [5.74, 6) is 0. The lowest BCUT2D eigenvalue weighted by atomic mass is 9.68. The van der Waals surface area contributed by atoms with Crippen LogP contribution < -0.4 is 4.90 Å². The number of hydrogen-bond acceptors (Lipinski definition) is 2. The highest BCUT2D eigenvalue weighted by Crippen LogP contribution is 2.59. The summed E-state index contributed by atoms with van der Waals surface area (Å²) < 4.78 is 6.34. The van der Waals surface area contributed by atoms with Crippen LogP contribution in [0.1, 0.15) is 22.3 Å². The van der Waals surface area contributed by atoms with Crippen LogP contribution in [0.5, 0.6) is 0 Å². The Bertz CT molecular complexity index is 4150. The predicted molar refractivity (Wildman–Crippen MR) is 305 cm³/mol. The van der Waals surface area contributed by atoms with Crippen molar-refractivity contribution >= 4 is 49.8 Å². The van der Waals surface area contributed by atoms with Gasteiger partial charge in [0.15, 0.2) is 0 Å². The summed E-state index contributed by atoms with van der Waals surface area (Å²) in [6.45, 7) is 0. The van der Waals surface area contributed by atoms with Gasteiger partial charge in [0, 0.05) is 27.7 Å². The van der Waals surface area contributed by atoms with Crippen molar-refractivity contribution in [3.05, 3.63) is 307 Å². The highest BCUT2D eigenvalue weighted by atomic mass is 16.3. The molecule has 0 N–H and O–H groups in total. The van der Waals surface area contributed by atoms with E-state index >= 15 is 0 Å². The van der Waals surface area contributed by atoms with E-state index in [1.54, 1.807) is 0 Å². The van der Waals surface area contributed by atoms with Crippen LogP contribution in [-0.4, -0.2) is 0 Å². The fourth-order valence-electron chi connectivity index (χ4n) is 11.8. The Balaban J connectivity index is 0.903. The van der Waals surface area contributed by atoms with E-state index in [4.69, 9.17) is 4.42 Å². The number of furan rings is 1. The van der Waals surface area contributed by atoms with Gasteiger partial charge in [0.1, 0.15) is 11.2 Å². The fourth-order valence-corrected chi connectivity index (χ4v) is 11.8. The van der Waals surface area contributed by atoms with Crippen LogP contribution in [0.25, 0.3) is 88.3 Å². The Kier molecular flexibility index (Phi) is 10.1. The van der Waals surface area contributed by atoms with Gasteiger partial charge in [0.25, 0.3) is 0 Å². The van der Waals surface area contributed by atoms with Crippen LogP contribution in [0.4, 0.5) is 17.1 Å². The van der Waals surface area contributed by atoms with Crippen molar-refractivity contribution in [3.8, 4) is 55.6 Å². The average molecular weight is 930 g/mol. The normalized spacial score (nSPS) is 12.5. The van der Waals surface area contributed by atoms with Crippen LogP contribution in [0.3, 0.4) is 0 Å². The van der Waals surface area contributed by atoms with E-state index in [0.29, 0.717) is 0 Å². The topological polar surface area (TPSA) is 16.4 Å². The third-order valence-corrected chi connectivity index (χ3v) is 15.1. The molecule has 0 amide bonds. The molecule has 0 atom stereocenters. The molecule has 1 heterocycles. The number of para-hydroxylation sites is 1. The molecule has 342 valence electrons. The molecule has 0 saturated heterocycles. The van der Waals surface area contributed by atoms with Crippen LogP contribution in [0, 0.1) is 0 Å². The second-order valence-corrected chi connectivity index (χ2v) is 19.2. The van der Waals surface area contributed by atoms with E-state index in [2.05, 4.69) is 284 Å². The summed E-state index contributed by atoms with van der Waals surface area (Å²) in [6, 6.07) is 104. The van der Waals surface area contributed by atoms with Gasteiger partial charge < -0.3 is 9.32 Å². The number of rotatable bonds is 9. The molecule has 0 aliphatic heterocycles. The van der Waals surface area contributed by atoms with Crippen LogP contribution in [0.2, 0.25) is 0 Å². The average Bonchev–Trinajstić information content (AvgIpc) is 4.01. The minimum absolute atomic E-state index is 0.532. The summed E-state index contributed by atoms with van der Waals surface area (Å²) in [4.78, 5) is 2.46. The smallest absolute Gasteiger partial charge is 0.136 e. The first kappa shape index (κ1) is 42.4. The van der Waals surface area contributed by atoms with Gasteiger partial charge in [0.2, 0.25) is 0 Å². The van der Waals surface area contributed by atoms with Gasteiger partial charge in [-0.15, -0.1) is 0 Å². The van der Waals surface area contributed by atoms with Crippen LogP contribution >= 0.6 is 0 Å². The molecule has 1 aromatic heterocycles. The number of fused-ring (bicyclic) bond motifs is 7. The van der Waals surface area contributed by atoms with Crippen LogP contribution in [-0.2, 0) is 5.41 Å². The molecule has 12 aromatic carbocycles. The van der Waals surface area contributed by atoms with Gasteiger partial charge in [0.05, 0.1) is 11.1 Å². The highest BCUT2D eigenvalue weighted by Gasteiger charge is 2.47. The lowest BCUT2D eigenvalue weighted by molar-refractivity contribution is 0.669. The third-order valence-electron chi connectivity index (χ3n) is 15.1. The number of hydrogen-bond donors (Lipinski definition) is 0. The minimum Gasteiger partial charge on any atom is -0.456 e. The number of benzene rings is 12. The number of nitrogens with zero attached hydrogens (tertiary/aromatic N) is 1. The van der Waals surface area contributed by atoms with Crippen molar-refractivity contribution in [2.75, 3.05) is 4.90 Å². The van der Waals surface area contributed by atoms with Crippen molar-refractivity contribution in [1.29, 1.82) is 0 Å². The summed E-state index contributed by atoms with van der Waals surface area (Å²) in [6.07, 6.45) is 0. The van der Waals surface area contributed by atoms with Crippen molar-refractivity contribution in [1.82, 2.24) is 0 Å². The van der Waals surface area contributed by atoms with Crippen LogP contribution in [0.15, 0.2) is 290 Å². The fraction of sp³-hybridized carbons (Fsp3) is 0.0141. The van der Waals surface area contributed by atoms with Gasteiger partial charge in [-0.05, 0) is 144 Å². The second kappa shape index (κ2) is 17.4. The van der Waals surface area contributed by atoms with Crippen molar-refractivity contribution < 1.29 is 4.42 Å². The predicted octanol–water partition coefficient (Wildman–Crippen LogP) is 19.2. The lowest BCUT2D eigenvalue weighted by Crippen LogP contribution is -2.28. The SMILES string of the molecule is c1ccc(C2(c3ccccc3)c3ccccc3-c3c(N(c4ccc(-c5cccc(-c6cccc(-c7ccc8ccccc8c7)c6)c5)cc4)c4ccc(-c5cccc6oc7ccccc7c56)cc4)cccc32)cc1. The Morgan fingerprint density at radius 3 is 1.49 bits per heavy atom. The maximum Gasteiger partial charge on any atom is 0.136 e. The zero-order valence-corrected chi connectivity index (χ0v) is 40.0. The van der Waals surface area contributed by atoms with Gasteiger partial charge in [-0.3, -0.25) is 0 Å². The zero-order chi connectivity index (χ0) is 48.3. The Labute approximate surface area is 425 Å². The van der Waals surface area contributed by atoms with E-state index in [0.717, 1.165) is 55.7 Å². The molecule has 13 aromatic rings. The maximum absolute atomic E-state index is 6.34.